The van der Waals surface area contributed by atoms with Gasteiger partial charge in [0.05, 0.1) is 6.10 Å². The molecule has 0 heterocycles. The summed E-state index contributed by atoms with van der Waals surface area (Å²) in [6.07, 6.45) is -0.428. The lowest BCUT2D eigenvalue weighted by Crippen LogP contribution is -2.33. The van der Waals surface area contributed by atoms with Gasteiger partial charge in [0, 0.05) is 17.5 Å². The Hall–Kier alpha value is -0.640. The minimum Gasteiger partial charge on any atom is -0.391 e. The van der Waals surface area contributed by atoms with Gasteiger partial charge in [-0.15, -0.1) is 0 Å². The fourth-order valence-electron chi connectivity index (χ4n) is 1.11. The van der Waals surface area contributed by atoms with Gasteiger partial charge in [-0.25, -0.2) is 4.39 Å². The van der Waals surface area contributed by atoms with Gasteiger partial charge in [0.2, 0.25) is 0 Å². The van der Waals surface area contributed by atoms with E-state index in [1.165, 1.54) is 18.2 Å². The molecule has 1 aromatic rings. The molecule has 0 saturated heterocycles. The van der Waals surface area contributed by atoms with Crippen LogP contribution < -0.4 is 5.73 Å². The molecule has 0 aliphatic rings. The first-order valence-corrected chi connectivity index (χ1v) is 4.76. The van der Waals surface area contributed by atoms with E-state index in [4.69, 9.17) is 17.3 Å². The molecule has 0 fully saturated rings. The van der Waals surface area contributed by atoms with E-state index in [2.05, 4.69) is 0 Å². The molecule has 1 aromatic carbocycles. The lowest BCUT2D eigenvalue weighted by molar-refractivity contribution is 0.151. The average Bonchev–Trinajstić information content (AvgIpc) is 2.11. The number of nitrogens with two attached hydrogens (primary N) is 1. The summed E-state index contributed by atoms with van der Waals surface area (Å²) in [6, 6.07) is 3.72. The van der Waals surface area contributed by atoms with Gasteiger partial charge < -0.3 is 10.8 Å². The highest BCUT2D eigenvalue weighted by atomic mass is 35.5. The number of benzene rings is 1. The molecule has 0 aliphatic carbocycles. The van der Waals surface area contributed by atoms with Crippen LogP contribution in [0.3, 0.4) is 0 Å². The zero-order valence-electron chi connectivity index (χ0n) is 7.87. The van der Waals surface area contributed by atoms with Gasteiger partial charge in [-0.3, -0.25) is 0 Å². The van der Waals surface area contributed by atoms with Gasteiger partial charge in [0.15, 0.2) is 0 Å². The van der Waals surface area contributed by atoms with E-state index in [9.17, 15) is 9.50 Å². The fraction of sp³-hybridized carbons (Fsp3) is 0.400. The molecule has 0 spiro atoms. The molecule has 2 nitrogen and oxygen atoms in total. The van der Waals surface area contributed by atoms with Crippen LogP contribution in [0.1, 0.15) is 12.5 Å². The second kappa shape index (κ2) is 4.73. The van der Waals surface area contributed by atoms with Crippen molar-refractivity contribution < 1.29 is 9.50 Å². The number of aliphatic hydroxyl groups excluding tert-OH is 1. The lowest BCUT2D eigenvalue weighted by atomic mass is 10.0. The minimum atomic E-state index is -0.700. The average molecular weight is 218 g/mol. The van der Waals surface area contributed by atoms with Crippen LogP contribution in [0.2, 0.25) is 5.02 Å². The number of hydrogen-bond acceptors (Lipinski definition) is 2. The van der Waals surface area contributed by atoms with Crippen LogP contribution in [-0.4, -0.2) is 17.3 Å². The third kappa shape index (κ3) is 2.94. The van der Waals surface area contributed by atoms with Crippen molar-refractivity contribution in [3.8, 4) is 0 Å². The summed E-state index contributed by atoms with van der Waals surface area (Å²) >= 11 is 5.83. The predicted molar refractivity (Wildman–Crippen MR) is 54.8 cm³/mol. The van der Waals surface area contributed by atoms with Crippen LogP contribution >= 0.6 is 11.6 Å². The van der Waals surface area contributed by atoms with Gasteiger partial charge in [0.25, 0.3) is 0 Å². The first kappa shape index (κ1) is 11.4. The van der Waals surface area contributed by atoms with Crippen molar-refractivity contribution in [3.63, 3.8) is 0 Å². The molecule has 2 atom stereocenters. The molecule has 0 aliphatic heterocycles. The fourth-order valence-corrected chi connectivity index (χ4v) is 1.31. The van der Waals surface area contributed by atoms with E-state index >= 15 is 0 Å². The topological polar surface area (TPSA) is 46.2 Å². The molecule has 3 N–H and O–H groups in total. The summed E-state index contributed by atoms with van der Waals surface area (Å²) in [4.78, 5) is 0. The van der Waals surface area contributed by atoms with Gasteiger partial charge in [-0.2, -0.15) is 0 Å². The summed E-state index contributed by atoms with van der Waals surface area (Å²) in [7, 11) is 0. The maximum Gasteiger partial charge on any atom is 0.123 e. The molecule has 1 rings (SSSR count). The smallest absolute Gasteiger partial charge is 0.123 e. The highest BCUT2D eigenvalue weighted by molar-refractivity contribution is 6.31. The predicted octanol–water partition coefficient (Wildman–Crippen LogP) is 1.73. The molecule has 78 valence electrons. The summed E-state index contributed by atoms with van der Waals surface area (Å²) in [6.45, 7) is 1.69. The zero-order chi connectivity index (χ0) is 10.7. The second-order valence-corrected chi connectivity index (χ2v) is 3.77. The van der Waals surface area contributed by atoms with Crippen LogP contribution in [0.4, 0.5) is 4.39 Å². The standard InChI is InChI=1S/C10H13ClFNO/c1-6(13)10(14)5-7-4-8(12)2-3-9(7)11/h2-4,6,10,14H,5,13H2,1H3. The zero-order valence-corrected chi connectivity index (χ0v) is 8.63. The van der Waals surface area contributed by atoms with Crippen LogP contribution in [-0.2, 0) is 6.42 Å². The van der Waals surface area contributed by atoms with Crippen molar-refractivity contribution >= 4 is 11.6 Å². The molecule has 0 radical (unpaired) electrons. The van der Waals surface area contributed by atoms with Crippen molar-refractivity contribution in [2.45, 2.75) is 25.5 Å². The number of rotatable bonds is 3. The van der Waals surface area contributed by atoms with Gasteiger partial charge in [-0.1, -0.05) is 11.6 Å². The normalized spacial score (nSPS) is 15.2. The molecule has 0 amide bonds. The van der Waals surface area contributed by atoms with E-state index in [0.717, 1.165) is 0 Å². The van der Waals surface area contributed by atoms with Gasteiger partial charge in [-0.05, 0) is 30.7 Å². The highest BCUT2D eigenvalue weighted by Crippen LogP contribution is 2.19. The Morgan fingerprint density at radius 1 is 1.57 bits per heavy atom. The Morgan fingerprint density at radius 3 is 2.79 bits per heavy atom. The second-order valence-electron chi connectivity index (χ2n) is 3.37. The molecular weight excluding hydrogens is 205 g/mol. The monoisotopic (exact) mass is 217 g/mol. The number of halogens is 2. The maximum atomic E-state index is 12.8. The maximum absolute atomic E-state index is 12.8. The van der Waals surface area contributed by atoms with Crippen molar-refractivity contribution in [2.24, 2.45) is 5.73 Å². The molecular formula is C10H13ClFNO. The highest BCUT2D eigenvalue weighted by Gasteiger charge is 2.12. The van der Waals surface area contributed by atoms with E-state index in [-0.39, 0.29) is 18.3 Å². The van der Waals surface area contributed by atoms with Crippen molar-refractivity contribution in [1.29, 1.82) is 0 Å². The van der Waals surface area contributed by atoms with Crippen LogP contribution in [0.25, 0.3) is 0 Å². The third-order valence-electron chi connectivity index (χ3n) is 2.04. The SMILES string of the molecule is CC(N)C(O)Cc1cc(F)ccc1Cl. The van der Waals surface area contributed by atoms with E-state index < -0.39 is 6.10 Å². The molecule has 14 heavy (non-hydrogen) atoms. The van der Waals surface area contributed by atoms with E-state index in [1.807, 2.05) is 0 Å². The van der Waals surface area contributed by atoms with Crippen LogP contribution in [0.15, 0.2) is 18.2 Å². The Morgan fingerprint density at radius 2 is 2.21 bits per heavy atom. The molecule has 2 unspecified atom stereocenters. The van der Waals surface area contributed by atoms with E-state index in [0.29, 0.717) is 10.6 Å². The summed E-state index contributed by atoms with van der Waals surface area (Å²) < 4.78 is 12.8. The van der Waals surface area contributed by atoms with Crippen molar-refractivity contribution in [2.75, 3.05) is 0 Å². The number of hydrogen-bond donors (Lipinski definition) is 2. The van der Waals surface area contributed by atoms with Crippen LogP contribution in [0, 0.1) is 5.82 Å². The quantitative estimate of drug-likeness (QED) is 0.810. The first-order valence-electron chi connectivity index (χ1n) is 4.38. The van der Waals surface area contributed by atoms with Crippen LogP contribution in [0.5, 0.6) is 0 Å². The molecule has 0 aromatic heterocycles. The Bertz CT molecular complexity index is 317. The molecule has 4 heteroatoms. The van der Waals surface area contributed by atoms with E-state index in [1.54, 1.807) is 6.92 Å². The summed E-state index contributed by atoms with van der Waals surface area (Å²) in [5.41, 5.74) is 6.07. The number of aliphatic hydroxyl groups is 1. The lowest BCUT2D eigenvalue weighted by Gasteiger charge is -2.15. The summed E-state index contributed by atoms with van der Waals surface area (Å²) in [5.74, 6) is -0.360. The Labute approximate surface area is 87.5 Å². The summed E-state index contributed by atoms with van der Waals surface area (Å²) in [5, 5.41) is 9.94. The van der Waals surface area contributed by atoms with Gasteiger partial charge >= 0.3 is 0 Å². The van der Waals surface area contributed by atoms with Crippen molar-refractivity contribution in [3.05, 3.63) is 34.6 Å². The van der Waals surface area contributed by atoms with Crippen molar-refractivity contribution in [1.82, 2.24) is 0 Å². The molecule has 0 saturated carbocycles. The minimum absolute atomic E-state index is 0.272. The Balaban J connectivity index is 2.80. The molecule has 0 bridgehead atoms. The third-order valence-corrected chi connectivity index (χ3v) is 2.41. The first-order chi connectivity index (χ1) is 6.50. The Kier molecular flexibility index (Phi) is 3.86. The largest absolute Gasteiger partial charge is 0.391 e. The van der Waals surface area contributed by atoms with Gasteiger partial charge in [0.1, 0.15) is 5.82 Å².